The van der Waals surface area contributed by atoms with Gasteiger partial charge in [-0.2, -0.15) is 0 Å². The lowest BCUT2D eigenvalue weighted by Gasteiger charge is -2.08. The average Bonchev–Trinajstić information content (AvgIpc) is 2.31. The summed E-state index contributed by atoms with van der Waals surface area (Å²) < 4.78 is 10.2. The summed E-state index contributed by atoms with van der Waals surface area (Å²) in [5, 5.41) is 3.02. The van der Waals surface area contributed by atoms with Crippen molar-refractivity contribution in [2.75, 3.05) is 40.0 Å². The van der Waals surface area contributed by atoms with Gasteiger partial charge in [0.25, 0.3) is 0 Å². The zero-order valence-electron chi connectivity index (χ0n) is 10.3. The number of guanidine groups is 1. The van der Waals surface area contributed by atoms with Crippen LogP contribution in [-0.4, -0.2) is 46.0 Å². The lowest BCUT2D eigenvalue weighted by Crippen LogP contribution is -2.42. The number of hydrazine groups is 1. The molecule has 0 unspecified atom stereocenters. The van der Waals surface area contributed by atoms with Crippen molar-refractivity contribution >= 4 is 5.96 Å². The number of nitrogens with zero attached hydrogens (tertiary/aromatic N) is 1. The first-order valence-electron chi connectivity index (χ1n) is 5.66. The fraction of sp³-hybridized carbons (Fsp3) is 0.900. The molecule has 0 aliphatic rings. The quantitative estimate of drug-likeness (QED) is 0.169. The van der Waals surface area contributed by atoms with Crippen LogP contribution in [0.2, 0.25) is 0 Å². The Balaban J connectivity index is 3.47. The summed E-state index contributed by atoms with van der Waals surface area (Å²) in [4.78, 5) is 4.25. The molecular weight excluding hydrogens is 208 g/mol. The van der Waals surface area contributed by atoms with Gasteiger partial charge < -0.3 is 14.8 Å². The summed E-state index contributed by atoms with van der Waals surface area (Å²) in [6.45, 7) is 5.66. The second-order valence-corrected chi connectivity index (χ2v) is 3.26. The van der Waals surface area contributed by atoms with Crippen LogP contribution in [0.25, 0.3) is 0 Å². The van der Waals surface area contributed by atoms with Crippen LogP contribution in [0.1, 0.15) is 19.8 Å². The summed E-state index contributed by atoms with van der Waals surface area (Å²) in [6.07, 6.45) is 1.95. The Morgan fingerprint density at radius 3 is 2.75 bits per heavy atom. The van der Waals surface area contributed by atoms with E-state index >= 15 is 0 Å². The molecule has 0 spiro atoms. The van der Waals surface area contributed by atoms with Crippen LogP contribution in [0, 0.1) is 0 Å². The van der Waals surface area contributed by atoms with Gasteiger partial charge in [0.1, 0.15) is 0 Å². The first-order valence-corrected chi connectivity index (χ1v) is 5.66. The van der Waals surface area contributed by atoms with Crippen molar-refractivity contribution in [3.8, 4) is 0 Å². The molecule has 0 amide bonds. The molecule has 0 rings (SSSR count). The maximum absolute atomic E-state index is 5.34. The fourth-order valence-electron chi connectivity index (χ4n) is 1.03. The second-order valence-electron chi connectivity index (χ2n) is 3.26. The Kier molecular flexibility index (Phi) is 11.6. The zero-order valence-corrected chi connectivity index (χ0v) is 10.3. The van der Waals surface area contributed by atoms with E-state index < -0.39 is 0 Å². The molecule has 0 radical (unpaired) electrons. The zero-order chi connectivity index (χ0) is 12.1. The van der Waals surface area contributed by atoms with E-state index in [1.165, 1.54) is 0 Å². The first kappa shape index (κ1) is 15.2. The van der Waals surface area contributed by atoms with Crippen LogP contribution in [0.15, 0.2) is 4.99 Å². The van der Waals surface area contributed by atoms with Gasteiger partial charge in [0.15, 0.2) is 0 Å². The van der Waals surface area contributed by atoms with Gasteiger partial charge in [0.2, 0.25) is 5.96 Å². The van der Waals surface area contributed by atoms with Crippen molar-refractivity contribution in [3.05, 3.63) is 0 Å². The largest absolute Gasteiger partial charge is 0.383 e. The van der Waals surface area contributed by atoms with Crippen molar-refractivity contribution in [2.45, 2.75) is 19.8 Å². The van der Waals surface area contributed by atoms with E-state index in [-0.39, 0.29) is 0 Å². The predicted octanol–water partition coefficient (Wildman–Crippen LogP) is -0.142. The van der Waals surface area contributed by atoms with Crippen molar-refractivity contribution in [1.29, 1.82) is 0 Å². The summed E-state index contributed by atoms with van der Waals surface area (Å²) in [6, 6.07) is 0. The lowest BCUT2D eigenvalue weighted by atomic mass is 10.4. The molecule has 16 heavy (non-hydrogen) atoms. The van der Waals surface area contributed by atoms with Crippen LogP contribution in [0.5, 0.6) is 0 Å². The summed E-state index contributed by atoms with van der Waals surface area (Å²) >= 11 is 0. The Morgan fingerprint density at radius 2 is 2.12 bits per heavy atom. The van der Waals surface area contributed by atoms with Gasteiger partial charge in [-0.15, -0.1) is 0 Å². The monoisotopic (exact) mass is 232 g/mol. The number of nitrogens with two attached hydrogens (primary N) is 1. The smallest absolute Gasteiger partial charge is 0.205 e. The Bertz CT molecular complexity index is 176. The number of nitrogens with one attached hydrogen (secondary N) is 2. The molecule has 0 heterocycles. The van der Waals surface area contributed by atoms with Gasteiger partial charge in [-0.25, -0.2) is 5.84 Å². The van der Waals surface area contributed by atoms with Crippen molar-refractivity contribution < 1.29 is 9.47 Å². The molecule has 0 aliphatic heterocycles. The molecule has 0 aliphatic carbocycles. The topological polar surface area (TPSA) is 80.9 Å². The van der Waals surface area contributed by atoms with Crippen molar-refractivity contribution in [3.63, 3.8) is 0 Å². The maximum atomic E-state index is 5.34. The third-order valence-corrected chi connectivity index (χ3v) is 1.80. The van der Waals surface area contributed by atoms with Crippen LogP contribution in [0.4, 0.5) is 0 Å². The minimum absolute atomic E-state index is 0.590. The molecule has 0 fully saturated rings. The van der Waals surface area contributed by atoms with Crippen LogP contribution >= 0.6 is 0 Å². The van der Waals surface area contributed by atoms with E-state index in [0.29, 0.717) is 25.7 Å². The van der Waals surface area contributed by atoms with Gasteiger partial charge >= 0.3 is 0 Å². The van der Waals surface area contributed by atoms with Crippen LogP contribution in [0.3, 0.4) is 0 Å². The predicted molar refractivity (Wildman–Crippen MR) is 65.2 cm³/mol. The maximum Gasteiger partial charge on any atom is 0.205 e. The Morgan fingerprint density at radius 1 is 1.31 bits per heavy atom. The molecule has 6 heteroatoms. The highest BCUT2D eigenvalue weighted by Crippen LogP contribution is 1.86. The summed E-state index contributed by atoms with van der Waals surface area (Å²) in [7, 11) is 1.65. The molecule has 0 saturated heterocycles. The fourth-order valence-corrected chi connectivity index (χ4v) is 1.03. The van der Waals surface area contributed by atoms with Crippen molar-refractivity contribution in [1.82, 2.24) is 10.7 Å². The van der Waals surface area contributed by atoms with E-state index in [9.17, 15) is 0 Å². The van der Waals surface area contributed by atoms with Crippen LogP contribution in [-0.2, 0) is 9.47 Å². The van der Waals surface area contributed by atoms with Crippen LogP contribution < -0.4 is 16.6 Å². The van der Waals surface area contributed by atoms with Crippen molar-refractivity contribution in [2.24, 2.45) is 10.8 Å². The number of rotatable bonds is 9. The molecule has 4 N–H and O–H groups in total. The highest BCUT2D eigenvalue weighted by atomic mass is 16.5. The highest BCUT2D eigenvalue weighted by Gasteiger charge is 1.94. The van der Waals surface area contributed by atoms with Gasteiger partial charge in [0, 0.05) is 33.4 Å². The molecule has 0 aromatic heterocycles. The lowest BCUT2D eigenvalue weighted by molar-refractivity contribution is 0.134. The number of aliphatic imine (C=N–C) groups is 1. The highest BCUT2D eigenvalue weighted by molar-refractivity contribution is 5.79. The minimum Gasteiger partial charge on any atom is -0.383 e. The number of hydrogen-bond donors (Lipinski definition) is 3. The third-order valence-electron chi connectivity index (χ3n) is 1.80. The van der Waals surface area contributed by atoms with Gasteiger partial charge in [0.05, 0.1) is 6.61 Å². The van der Waals surface area contributed by atoms with Gasteiger partial charge in [-0.3, -0.25) is 10.4 Å². The minimum atomic E-state index is 0.590. The number of ether oxygens (including phenoxy) is 2. The Hall–Kier alpha value is -0.850. The average molecular weight is 232 g/mol. The molecule has 6 nitrogen and oxygen atoms in total. The standard InChI is InChI=1S/C10H24N4O2/c1-3-7-16-8-4-5-12-10(14-11)13-6-9-15-2/h3-9,11H2,1-2H3,(H2,12,13,14). The number of methoxy groups -OCH3 is 1. The number of hydrogen-bond acceptors (Lipinski definition) is 4. The normalized spacial score (nSPS) is 11.6. The van der Waals surface area contributed by atoms with E-state index in [1.807, 2.05) is 0 Å². The van der Waals surface area contributed by atoms with E-state index in [1.54, 1.807) is 7.11 Å². The van der Waals surface area contributed by atoms with Gasteiger partial charge in [-0.05, 0) is 12.8 Å². The summed E-state index contributed by atoms with van der Waals surface area (Å²) in [5.41, 5.74) is 2.51. The molecule has 0 saturated carbocycles. The Labute approximate surface area is 97.6 Å². The first-order chi connectivity index (χ1) is 7.85. The molecule has 0 bridgehead atoms. The van der Waals surface area contributed by atoms with E-state index in [0.717, 1.165) is 26.1 Å². The van der Waals surface area contributed by atoms with E-state index in [2.05, 4.69) is 22.7 Å². The SMILES string of the molecule is CCCOCCCN=C(NN)NCCOC. The summed E-state index contributed by atoms with van der Waals surface area (Å²) in [5.74, 6) is 5.89. The molecule has 0 aromatic carbocycles. The second kappa shape index (κ2) is 12.2. The van der Waals surface area contributed by atoms with Gasteiger partial charge in [-0.1, -0.05) is 6.92 Å². The molecule has 96 valence electrons. The van der Waals surface area contributed by atoms with E-state index in [4.69, 9.17) is 15.3 Å². The molecule has 0 aromatic rings. The molecular formula is C10H24N4O2. The molecule has 0 atom stereocenters. The third kappa shape index (κ3) is 9.70.